The maximum absolute atomic E-state index is 10.4. The minimum atomic E-state index is -0.101. The Balaban J connectivity index is 1.50. The first-order chi connectivity index (χ1) is 15.5. The van der Waals surface area contributed by atoms with Crippen molar-refractivity contribution < 1.29 is 5.11 Å². The second-order valence-electron chi connectivity index (χ2n) is 8.00. The summed E-state index contributed by atoms with van der Waals surface area (Å²) >= 11 is 0. The minimum absolute atomic E-state index is 0.101. The Morgan fingerprint density at radius 3 is 2.41 bits per heavy atom. The molecule has 9 heteroatoms. The summed E-state index contributed by atoms with van der Waals surface area (Å²) in [4.78, 5) is 4.67. The summed E-state index contributed by atoms with van der Waals surface area (Å²) in [6.07, 6.45) is 0. The van der Waals surface area contributed by atoms with Crippen LogP contribution in [0.1, 0.15) is 36.8 Å². The highest BCUT2D eigenvalue weighted by molar-refractivity contribution is 5.83. The van der Waals surface area contributed by atoms with Crippen molar-refractivity contribution in [3.63, 3.8) is 0 Å². The highest BCUT2D eigenvalue weighted by Crippen LogP contribution is 2.31. The molecule has 0 amide bonds. The average Bonchev–Trinajstić information content (AvgIpc) is 3.43. The van der Waals surface area contributed by atoms with E-state index in [1.54, 1.807) is 0 Å². The minimum Gasteiger partial charge on any atom is -0.491 e. The van der Waals surface area contributed by atoms with Gasteiger partial charge >= 0.3 is 0 Å². The van der Waals surface area contributed by atoms with Gasteiger partial charge in [-0.3, -0.25) is 0 Å². The van der Waals surface area contributed by atoms with E-state index in [1.807, 2.05) is 49.6 Å². The lowest BCUT2D eigenvalue weighted by molar-refractivity contribution is 0.447. The number of tetrazole rings is 1. The van der Waals surface area contributed by atoms with Crippen LogP contribution in [0.15, 0.2) is 48.5 Å². The fourth-order valence-electron chi connectivity index (χ4n) is 3.94. The van der Waals surface area contributed by atoms with Crippen LogP contribution < -0.4 is 0 Å². The van der Waals surface area contributed by atoms with E-state index in [-0.39, 0.29) is 11.8 Å². The number of aromatic amines is 1. The van der Waals surface area contributed by atoms with Crippen LogP contribution in [-0.4, -0.2) is 45.5 Å². The summed E-state index contributed by atoms with van der Waals surface area (Å²) in [6.45, 7) is 6.58. The number of fused-ring (bicyclic) bond motifs is 1. The molecule has 3 aromatic heterocycles. The fourth-order valence-corrected chi connectivity index (χ4v) is 3.94. The quantitative estimate of drug-likeness (QED) is 0.438. The van der Waals surface area contributed by atoms with Gasteiger partial charge in [-0.25, -0.2) is 10.1 Å². The van der Waals surface area contributed by atoms with Gasteiger partial charge in [-0.15, -0.1) is 15.3 Å². The van der Waals surface area contributed by atoms with Gasteiger partial charge < -0.3 is 9.67 Å². The maximum Gasteiger partial charge on any atom is 0.257 e. The van der Waals surface area contributed by atoms with E-state index in [2.05, 4.69) is 60.1 Å². The smallest absolute Gasteiger partial charge is 0.257 e. The van der Waals surface area contributed by atoms with Gasteiger partial charge in [0.1, 0.15) is 16.9 Å². The summed E-state index contributed by atoms with van der Waals surface area (Å²) in [5.41, 5.74) is 6.22. The number of benzene rings is 2. The third-order valence-electron chi connectivity index (χ3n) is 5.55. The van der Waals surface area contributed by atoms with E-state index in [1.165, 1.54) is 0 Å². The number of rotatable bonds is 5. The zero-order valence-electron chi connectivity index (χ0n) is 18.0. The lowest BCUT2D eigenvalue weighted by Crippen LogP contribution is -2.03. The number of aromatic nitrogens is 8. The predicted octanol–water partition coefficient (Wildman–Crippen LogP) is 3.86. The molecule has 0 aliphatic rings. The summed E-state index contributed by atoms with van der Waals surface area (Å²) in [5.74, 6) is 1.49. The lowest BCUT2D eigenvalue weighted by Gasteiger charge is -2.11. The number of hydrogen-bond donors (Lipinski definition) is 2. The van der Waals surface area contributed by atoms with Crippen molar-refractivity contribution in [3.8, 4) is 28.4 Å². The van der Waals surface area contributed by atoms with Crippen molar-refractivity contribution in [1.82, 2.24) is 40.4 Å². The number of hydrogen-bond acceptors (Lipinski definition) is 7. The molecule has 0 atom stereocenters. The normalized spacial score (nSPS) is 11.5. The molecule has 0 spiro atoms. The molecule has 3 heterocycles. The van der Waals surface area contributed by atoms with Crippen LogP contribution in [0.25, 0.3) is 33.5 Å². The second-order valence-corrected chi connectivity index (χ2v) is 8.00. The number of H-pyrrole nitrogens is 1. The third kappa shape index (κ3) is 3.37. The van der Waals surface area contributed by atoms with Gasteiger partial charge in [0, 0.05) is 12.1 Å². The van der Waals surface area contributed by atoms with Crippen LogP contribution in [0.5, 0.6) is 5.88 Å². The first-order valence-corrected chi connectivity index (χ1v) is 10.4. The Labute approximate surface area is 184 Å². The van der Waals surface area contributed by atoms with E-state index >= 15 is 0 Å². The van der Waals surface area contributed by atoms with Gasteiger partial charge in [-0.2, -0.15) is 0 Å². The molecule has 0 aliphatic carbocycles. The number of imidazole rings is 1. The van der Waals surface area contributed by atoms with Crippen LogP contribution in [0.3, 0.4) is 0 Å². The third-order valence-corrected chi connectivity index (χ3v) is 5.55. The molecule has 160 valence electrons. The zero-order chi connectivity index (χ0) is 22.2. The molecule has 2 aromatic carbocycles. The SMILES string of the molecule is Cc1nc2c(C(C)C)nnc(O)c2n1Cc1ccc(-c2ccccc2-c2nnn[nH]2)cc1. The van der Waals surface area contributed by atoms with E-state index in [0.29, 0.717) is 23.4 Å². The number of aromatic hydroxyl groups is 1. The standard InChI is InChI=1S/C23H22N8O/c1-13(2)19-20-21(23(32)28-25-19)31(14(3)24-20)12-15-8-10-16(11-9-15)17-6-4-5-7-18(17)22-26-29-30-27-22/h4-11,13H,12H2,1-3H3,(H,28,32)(H,26,27,29,30). The molecule has 0 aliphatic heterocycles. The van der Waals surface area contributed by atoms with Crippen molar-refractivity contribution in [2.24, 2.45) is 0 Å². The number of nitrogens with zero attached hydrogens (tertiary/aromatic N) is 7. The van der Waals surface area contributed by atoms with Gasteiger partial charge in [0.25, 0.3) is 5.88 Å². The van der Waals surface area contributed by atoms with Gasteiger partial charge in [0.15, 0.2) is 5.82 Å². The Bertz CT molecular complexity index is 1390. The summed E-state index contributed by atoms with van der Waals surface area (Å²) in [5, 5.41) is 32.8. The largest absolute Gasteiger partial charge is 0.491 e. The molecule has 2 N–H and O–H groups in total. The molecule has 5 rings (SSSR count). The van der Waals surface area contributed by atoms with Crippen LogP contribution in [0.2, 0.25) is 0 Å². The molecular formula is C23H22N8O. The van der Waals surface area contributed by atoms with Crippen molar-refractivity contribution in [2.75, 3.05) is 0 Å². The zero-order valence-corrected chi connectivity index (χ0v) is 18.0. The van der Waals surface area contributed by atoms with E-state index in [9.17, 15) is 5.11 Å². The number of aryl methyl sites for hydroxylation is 1. The molecule has 32 heavy (non-hydrogen) atoms. The fraction of sp³-hybridized carbons (Fsp3) is 0.217. The van der Waals surface area contributed by atoms with Crippen LogP contribution in [0, 0.1) is 6.92 Å². The highest BCUT2D eigenvalue weighted by atomic mass is 16.3. The first-order valence-electron chi connectivity index (χ1n) is 10.4. The van der Waals surface area contributed by atoms with Crippen molar-refractivity contribution in [3.05, 3.63) is 65.6 Å². The Kier molecular flexibility index (Phi) is 4.85. The van der Waals surface area contributed by atoms with E-state index in [0.717, 1.165) is 33.8 Å². The van der Waals surface area contributed by atoms with E-state index in [4.69, 9.17) is 0 Å². The van der Waals surface area contributed by atoms with Crippen molar-refractivity contribution in [1.29, 1.82) is 0 Å². The van der Waals surface area contributed by atoms with Crippen LogP contribution in [0.4, 0.5) is 0 Å². The monoisotopic (exact) mass is 426 g/mol. The van der Waals surface area contributed by atoms with Crippen molar-refractivity contribution >= 4 is 11.0 Å². The molecule has 0 fully saturated rings. The summed E-state index contributed by atoms with van der Waals surface area (Å²) < 4.78 is 1.98. The highest BCUT2D eigenvalue weighted by Gasteiger charge is 2.19. The topological polar surface area (TPSA) is 118 Å². The summed E-state index contributed by atoms with van der Waals surface area (Å²) in [7, 11) is 0. The predicted molar refractivity (Wildman–Crippen MR) is 120 cm³/mol. The molecule has 0 radical (unpaired) electrons. The van der Waals surface area contributed by atoms with Gasteiger partial charge in [0.05, 0.1) is 5.69 Å². The lowest BCUT2D eigenvalue weighted by atomic mass is 9.98. The van der Waals surface area contributed by atoms with Gasteiger partial charge in [-0.05, 0) is 40.0 Å². The van der Waals surface area contributed by atoms with Crippen LogP contribution >= 0.6 is 0 Å². The number of nitrogens with one attached hydrogen (secondary N) is 1. The Hall–Kier alpha value is -4.14. The molecule has 0 saturated carbocycles. The summed E-state index contributed by atoms with van der Waals surface area (Å²) in [6, 6.07) is 16.3. The molecular weight excluding hydrogens is 404 g/mol. The Morgan fingerprint density at radius 1 is 0.969 bits per heavy atom. The molecule has 5 aromatic rings. The van der Waals surface area contributed by atoms with Crippen molar-refractivity contribution in [2.45, 2.75) is 33.2 Å². The van der Waals surface area contributed by atoms with E-state index < -0.39 is 0 Å². The maximum atomic E-state index is 10.4. The van der Waals surface area contributed by atoms with Gasteiger partial charge in [0.2, 0.25) is 0 Å². The molecule has 0 saturated heterocycles. The van der Waals surface area contributed by atoms with Gasteiger partial charge in [-0.1, -0.05) is 62.4 Å². The second kappa shape index (κ2) is 7.84. The first kappa shape index (κ1) is 19.8. The Morgan fingerprint density at radius 2 is 1.72 bits per heavy atom. The molecule has 0 bridgehead atoms. The molecule has 0 unspecified atom stereocenters. The average molecular weight is 426 g/mol. The van der Waals surface area contributed by atoms with Crippen LogP contribution in [-0.2, 0) is 6.54 Å². The molecule has 9 nitrogen and oxygen atoms in total.